The van der Waals surface area contributed by atoms with Gasteiger partial charge in [-0.3, -0.25) is 0 Å². The van der Waals surface area contributed by atoms with Gasteiger partial charge in [0, 0.05) is 0 Å². The number of rotatable bonds is 5. The normalized spacial score (nSPS) is 17.0. The van der Waals surface area contributed by atoms with Gasteiger partial charge in [0.1, 0.15) is 0 Å². The van der Waals surface area contributed by atoms with E-state index in [2.05, 4.69) is 5.48 Å². The number of alkyl halides is 3. The summed E-state index contributed by atoms with van der Waals surface area (Å²) in [5, 5.41) is 8.95. The van der Waals surface area contributed by atoms with Crippen molar-refractivity contribution in [3.8, 4) is 0 Å². The minimum Gasteiger partial charge on any atom is -0.478 e. The maximum atomic E-state index is 12.8. The standard InChI is InChI=1S/C13H14F3NO3/c1-20-17-11(7-2-3-7)8-4-9(12(18)19)6-10(5-8)13(14,15)16/h4-7,11,17H,2-3H2,1H3,(H,18,19). The molecule has 1 aliphatic rings. The zero-order chi connectivity index (χ0) is 14.9. The second-order valence-corrected chi connectivity index (χ2v) is 4.78. The van der Waals surface area contributed by atoms with Crippen molar-refractivity contribution in [2.24, 2.45) is 5.92 Å². The van der Waals surface area contributed by atoms with E-state index in [0.29, 0.717) is 6.07 Å². The summed E-state index contributed by atoms with van der Waals surface area (Å²) in [5.74, 6) is -1.22. The molecular weight excluding hydrogens is 275 g/mol. The third-order valence-corrected chi connectivity index (χ3v) is 3.23. The Morgan fingerprint density at radius 2 is 2.05 bits per heavy atom. The fraction of sp³-hybridized carbons (Fsp3) is 0.462. The van der Waals surface area contributed by atoms with Gasteiger partial charge in [0.05, 0.1) is 24.3 Å². The molecule has 110 valence electrons. The average Bonchev–Trinajstić information content (AvgIpc) is 3.18. The number of aromatic carboxylic acids is 1. The highest BCUT2D eigenvalue weighted by Gasteiger charge is 2.36. The predicted molar refractivity (Wildman–Crippen MR) is 64.0 cm³/mol. The van der Waals surface area contributed by atoms with E-state index < -0.39 is 23.8 Å². The van der Waals surface area contributed by atoms with Gasteiger partial charge in [0.25, 0.3) is 0 Å². The van der Waals surface area contributed by atoms with Crippen LogP contribution in [0.5, 0.6) is 0 Å². The molecule has 4 nitrogen and oxygen atoms in total. The van der Waals surface area contributed by atoms with Gasteiger partial charge in [-0.2, -0.15) is 18.7 Å². The van der Waals surface area contributed by atoms with Crippen LogP contribution in [0.3, 0.4) is 0 Å². The smallest absolute Gasteiger partial charge is 0.416 e. The molecule has 1 aromatic carbocycles. The number of hydrogen-bond donors (Lipinski definition) is 2. The fourth-order valence-electron chi connectivity index (χ4n) is 2.11. The number of halogens is 3. The Kier molecular flexibility index (Phi) is 4.01. The Bertz CT molecular complexity index is 512. The van der Waals surface area contributed by atoms with Crippen molar-refractivity contribution in [1.29, 1.82) is 0 Å². The molecule has 1 atom stereocenters. The number of carboxylic acid groups (broad SMARTS) is 1. The third kappa shape index (κ3) is 3.29. The molecule has 0 saturated heterocycles. The molecule has 2 rings (SSSR count). The minimum absolute atomic E-state index is 0.167. The molecule has 7 heteroatoms. The van der Waals surface area contributed by atoms with E-state index in [1.807, 2.05) is 0 Å². The van der Waals surface area contributed by atoms with E-state index in [1.54, 1.807) is 0 Å². The average molecular weight is 289 g/mol. The summed E-state index contributed by atoms with van der Waals surface area (Å²) in [7, 11) is 1.38. The molecule has 1 unspecified atom stereocenters. The van der Waals surface area contributed by atoms with Crippen LogP contribution < -0.4 is 5.48 Å². The van der Waals surface area contributed by atoms with Crippen molar-refractivity contribution in [1.82, 2.24) is 5.48 Å². The summed E-state index contributed by atoms with van der Waals surface area (Å²) < 4.78 is 38.5. The van der Waals surface area contributed by atoms with Crippen LogP contribution in [0, 0.1) is 5.92 Å². The molecule has 1 saturated carbocycles. The van der Waals surface area contributed by atoms with E-state index in [9.17, 15) is 18.0 Å². The fourth-order valence-corrected chi connectivity index (χ4v) is 2.11. The lowest BCUT2D eigenvalue weighted by Gasteiger charge is -2.19. The molecule has 1 fully saturated rings. The maximum absolute atomic E-state index is 12.8. The highest BCUT2D eigenvalue weighted by atomic mass is 19.4. The lowest BCUT2D eigenvalue weighted by molar-refractivity contribution is -0.137. The molecule has 0 amide bonds. The van der Waals surface area contributed by atoms with Gasteiger partial charge in [-0.25, -0.2) is 4.79 Å². The largest absolute Gasteiger partial charge is 0.478 e. The van der Waals surface area contributed by atoms with Gasteiger partial charge < -0.3 is 9.94 Å². The molecule has 2 N–H and O–H groups in total. The summed E-state index contributed by atoms with van der Waals surface area (Å²) in [4.78, 5) is 15.8. The van der Waals surface area contributed by atoms with Crippen molar-refractivity contribution >= 4 is 5.97 Å². The lowest BCUT2D eigenvalue weighted by Crippen LogP contribution is -2.23. The molecule has 1 aliphatic carbocycles. The first-order valence-corrected chi connectivity index (χ1v) is 6.07. The molecule has 0 spiro atoms. The number of nitrogens with one attached hydrogen (secondary N) is 1. The van der Waals surface area contributed by atoms with Crippen LogP contribution in [-0.2, 0) is 11.0 Å². The van der Waals surface area contributed by atoms with Crippen LogP contribution in [0.4, 0.5) is 13.2 Å². The van der Waals surface area contributed by atoms with Gasteiger partial charge in [-0.1, -0.05) is 0 Å². The number of hydroxylamine groups is 1. The first-order chi connectivity index (χ1) is 9.32. The minimum atomic E-state index is -4.58. The Balaban J connectivity index is 2.45. The van der Waals surface area contributed by atoms with Crippen molar-refractivity contribution in [2.45, 2.75) is 25.1 Å². The molecule has 0 radical (unpaired) electrons. The van der Waals surface area contributed by atoms with Crippen molar-refractivity contribution < 1.29 is 27.9 Å². The second-order valence-electron chi connectivity index (χ2n) is 4.78. The van der Waals surface area contributed by atoms with Crippen LogP contribution >= 0.6 is 0 Å². The monoisotopic (exact) mass is 289 g/mol. The van der Waals surface area contributed by atoms with Gasteiger partial charge >= 0.3 is 12.1 Å². The molecule has 0 bridgehead atoms. The van der Waals surface area contributed by atoms with E-state index >= 15 is 0 Å². The third-order valence-electron chi connectivity index (χ3n) is 3.23. The molecule has 0 heterocycles. The summed E-state index contributed by atoms with van der Waals surface area (Å²) in [6.45, 7) is 0. The number of carboxylic acids is 1. The molecule has 1 aromatic rings. The first-order valence-electron chi connectivity index (χ1n) is 6.07. The Hall–Kier alpha value is -1.60. The Labute approximate surface area is 113 Å². The SMILES string of the molecule is CONC(c1cc(C(=O)O)cc(C(F)(F)F)c1)C1CC1. The topological polar surface area (TPSA) is 58.6 Å². The van der Waals surface area contributed by atoms with Crippen LogP contribution in [-0.4, -0.2) is 18.2 Å². The van der Waals surface area contributed by atoms with Gasteiger partial charge in [-0.05, 0) is 42.5 Å². The molecular formula is C13H14F3NO3. The van der Waals surface area contributed by atoms with Gasteiger partial charge in [-0.15, -0.1) is 0 Å². The molecule has 20 heavy (non-hydrogen) atoms. The molecule has 0 aliphatic heterocycles. The second kappa shape index (κ2) is 5.41. The number of hydrogen-bond acceptors (Lipinski definition) is 3. The summed E-state index contributed by atoms with van der Waals surface area (Å²) in [5.41, 5.74) is 1.59. The summed E-state index contributed by atoms with van der Waals surface area (Å²) >= 11 is 0. The number of carbonyl (C=O) groups is 1. The van der Waals surface area contributed by atoms with E-state index in [0.717, 1.165) is 18.9 Å². The summed E-state index contributed by atoms with van der Waals surface area (Å²) in [6, 6.07) is 2.44. The van der Waals surface area contributed by atoms with Crippen LogP contribution in [0.1, 0.15) is 40.4 Å². The van der Waals surface area contributed by atoms with Crippen molar-refractivity contribution in [2.75, 3.05) is 7.11 Å². The van der Waals surface area contributed by atoms with E-state index in [-0.39, 0.29) is 17.0 Å². The number of benzene rings is 1. The lowest BCUT2D eigenvalue weighted by atomic mass is 9.97. The quantitative estimate of drug-likeness (QED) is 0.818. The van der Waals surface area contributed by atoms with Gasteiger partial charge in [0.2, 0.25) is 0 Å². The van der Waals surface area contributed by atoms with Gasteiger partial charge in [0.15, 0.2) is 0 Å². The first kappa shape index (κ1) is 14.8. The highest BCUT2D eigenvalue weighted by molar-refractivity contribution is 5.88. The predicted octanol–water partition coefficient (Wildman–Crippen LogP) is 3.01. The van der Waals surface area contributed by atoms with Crippen molar-refractivity contribution in [3.63, 3.8) is 0 Å². The molecule has 0 aromatic heterocycles. The van der Waals surface area contributed by atoms with Crippen LogP contribution in [0.25, 0.3) is 0 Å². The highest BCUT2D eigenvalue weighted by Crippen LogP contribution is 2.42. The zero-order valence-corrected chi connectivity index (χ0v) is 10.7. The van der Waals surface area contributed by atoms with E-state index in [1.165, 1.54) is 13.2 Å². The van der Waals surface area contributed by atoms with Crippen LogP contribution in [0.2, 0.25) is 0 Å². The maximum Gasteiger partial charge on any atom is 0.416 e. The summed E-state index contributed by atoms with van der Waals surface area (Å²) in [6.07, 6.45) is -2.83. The Morgan fingerprint density at radius 3 is 2.50 bits per heavy atom. The van der Waals surface area contributed by atoms with Crippen LogP contribution in [0.15, 0.2) is 18.2 Å². The zero-order valence-electron chi connectivity index (χ0n) is 10.7. The Morgan fingerprint density at radius 1 is 1.40 bits per heavy atom. The van der Waals surface area contributed by atoms with Crippen molar-refractivity contribution in [3.05, 3.63) is 34.9 Å². The van der Waals surface area contributed by atoms with E-state index in [4.69, 9.17) is 9.94 Å².